The minimum Gasteiger partial charge on any atom is -0.344 e. The van der Waals surface area contributed by atoms with Crippen molar-refractivity contribution in [1.82, 2.24) is 19.4 Å². The number of carbonyl (C=O) groups is 1. The van der Waals surface area contributed by atoms with Crippen LogP contribution in [-0.2, 0) is 11.3 Å². The number of carbonyl (C=O) groups excluding carboxylic acids is 1. The number of likely N-dealkylation sites (N-methyl/N-ethyl adjacent to an activating group) is 1. The van der Waals surface area contributed by atoms with Crippen molar-refractivity contribution in [1.29, 1.82) is 0 Å². The Morgan fingerprint density at radius 1 is 1.65 bits per heavy atom. The molecule has 0 aliphatic carbocycles. The van der Waals surface area contributed by atoms with Crippen LogP contribution < -0.4 is 0 Å². The van der Waals surface area contributed by atoms with E-state index in [1.54, 1.807) is 28.9 Å². The molecule has 5 nitrogen and oxygen atoms in total. The molecule has 0 bridgehead atoms. The number of aromatic amines is 1. The highest BCUT2D eigenvalue weighted by atomic mass is 32.1. The topological polar surface area (TPSA) is 53.9 Å². The molecule has 0 atom stereocenters. The Balaban J connectivity index is 2.39. The van der Waals surface area contributed by atoms with Gasteiger partial charge in [0.25, 0.3) is 0 Å². The van der Waals surface area contributed by atoms with E-state index in [1.165, 1.54) is 0 Å². The Morgan fingerprint density at radius 3 is 3.12 bits per heavy atom. The Bertz CT molecular complexity index is 601. The molecule has 0 saturated heterocycles. The van der Waals surface area contributed by atoms with E-state index in [0.717, 1.165) is 11.0 Å². The van der Waals surface area contributed by atoms with Gasteiger partial charge < -0.3 is 14.5 Å². The summed E-state index contributed by atoms with van der Waals surface area (Å²) in [5.41, 5.74) is 1.76. The Hall–Kier alpha value is -1.69. The first kappa shape index (κ1) is 11.8. The number of nitrogens with zero attached hydrogens (tertiary/aromatic N) is 3. The second-order valence-corrected chi connectivity index (χ2v) is 4.20. The smallest absolute Gasteiger partial charge is 0.242 e. The molecule has 2 aromatic rings. The first-order valence-electron chi connectivity index (χ1n) is 5.40. The van der Waals surface area contributed by atoms with Crippen LogP contribution in [0.2, 0.25) is 0 Å². The number of H-pyrrole nitrogens is 1. The second-order valence-electron chi connectivity index (χ2n) is 3.82. The van der Waals surface area contributed by atoms with Crippen LogP contribution in [0.5, 0.6) is 0 Å². The fraction of sp³-hybridized carbons (Fsp3) is 0.364. The van der Waals surface area contributed by atoms with Gasteiger partial charge in [-0.15, -0.1) is 0 Å². The largest absolute Gasteiger partial charge is 0.344 e. The molecule has 2 heterocycles. The summed E-state index contributed by atoms with van der Waals surface area (Å²) in [5, 5.41) is 0. The summed E-state index contributed by atoms with van der Waals surface area (Å²) in [6, 6.07) is 1.85. The van der Waals surface area contributed by atoms with Crippen LogP contribution in [0.1, 0.15) is 6.92 Å². The summed E-state index contributed by atoms with van der Waals surface area (Å²) in [5.74, 6) is 0.0429. The molecule has 0 fully saturated rings. The van der Waals surface area contributed by atoms with Gasteiger partial charge in [-0.1, -0.05) is 0 Å². The second kappa shape index (κ2) is 4.67. The average molecular weight is 250 g/mol. The predicted molar refractivity (Wildman–Crippen MR) is 68.2 cm³/mol. The maximum absolute atomic E-state index is 11.9. The summed E-state index contributed by atoms with van der Waals surface area (Å²) in [7, 11) is 1.78. The van der Waals surface area contributed by atoms with Crippen molar-refractivity contribution >= 4 is 29.2 Å². The lowest BCUT2D eigenvalue weighted by atomic mass is 10.4. The summed E-state index contributed by atoms with van der Waals surface area (Å²) >= 11 is 5.20. The molecule has 2 aromatic heterocycles. The first-order valence-corrected chi connectivity index (χ1v) is 5.80. The maximum Gasteiger partial charge on any atom is 0.242 e. The quantitative estimate of drug-likeness (QED) is 0.841. The highest BCUT2D eigenvalue weighted by Gasteiger charge is 2.11. The lowest BCUT2D eigenvalue weighted by Gasteiger charge is -2.14. The number of amides is 1. The molecule has 0 radical (unpaired) electrons. The number of rotatable bonds is 3. The molecule has 1 N–H and O–H groups in total. The molecule has 0 aliphatic heterocycles. The van der Waals surface area contributed by atoms with E-state index in [-0.39, 0.29) is 12.5 Å². The van der Waals surface area contributed by atoms with Crippen molar-refractivity contribution in [2.45, 2.75) is 13.5 Å². The van der Waals surface area contributed by atoms with Crippen LogP contribution in [0.25, 0.3) is 11.0 Å². The fourth-order valence-corrected chi connectivity index (χ4v) is 1.87. The van der Waals surface area contributed by atoms with E-state index in [2.05, 4.69) is 9.97 Å². The summed E-state index contributed by atoms with van der Waals surface area (Å²) < 4.78 is 2.34. The van der Waals surface area contributed by atoms with Gasteiger partial charge in [0.15, 0.2) is 4.77 Å². The van der Waals surface area contributed by atoms with Crippen molar-refractivity contribution in [2.75, 3.05) is 13.6 Å². The van der Waals surface area contributed by atoms with Crippen LogP contribution in [0.4, 0.5) is 0 Å². The number of fused-ring (bicyclic) bond motifs is 1. The molecule has 0 spiro atoms. The van der Waals surface area contributed by atoms with Crippen LogP contribution in [-0.4, -0.2) is 38.9 Å². The lowest BCUT2D eigenvalue weighted by Crippen LogP contribution is -2.29. The number of pyridine rings is 1. The minimum atomic E-state index is 0.0429. The first-order chi connectivity index (χ1) is 8.13. The van der Waals surface area contributed by atoms with Gasteiger partial charge in [-0.05, 0) is 25.2 Å². The van der Waals surface area contributed by atoms with E-state index < -0.39 is 0 Å². The SMILES string of the molecule is CCN(C)C(=O)Cn1c(=S)[nH]c2cnccc21. The van der Waals surface area contributed by atoms with Gasteiger partial charge in [0.1, 0.15) is 6.54 Å². The number of nitrogens with one attached hydrogen (secondary N) is 1. The van der Waals surface area contributed by atoms with E-state index in [1.807, 2.05) is 13.0 Å². The van der Waals surface area contributed by atoms with E-state index in [0.29, 0.717) is 11.3 Å². The molecule has 6 heteroatoms. The van der Waals surface area contributed by atoms with Crippen molar-refractivity contribution in [3.63, 3.8) is 0 Å². The highest BCUT2D eigenvalue weighted by Crippen LogP contribution is 2.12. The van der Waals surface area contributed by atoms with E-state index in [9.17, 15) is 4.79 Å². The normalized spacial score (nSPS) is 10.7. The lowest BCUT2D eigenvalue weighted by molar-refractivity contribution is -0.130. The van der Waals surface area contributed by atoms with Gasteiger partial charge in [-0.3, -0.25) is 9.78 Å². The molecule has 0 aromatic carbocycles. The Kier molecular flexibility index (Phi) is 3.23. The molecular weight excluding hydrogens is 236 g/mol. The third kappa shape index (κ3) is 2.21. The standard InChI is InChI=1S/C11H14N4OS/c1-3-14(2)10(16)7-15-9-4-5-12-6-8(9)13-11(15)17/h4-6H,3,7H2,1-2H3,(H,13,17). The van der Waals surface area contributed by atoms with Gasteiger partial charge in [0.05, 0.1) is 17.2 Å². The van der Waals surface area contributed by atoms with Crippen LogP contribution >= 0.6 is 12.2 Å². The van der Waals surface area contributed by atoms with Crippen LogP contribution in [0, 0.1) is 4.77 Å². The third-order valence-electron chi connectivity index (χ3n) is 2.77. The Labute approximate surface area is 104 Å². The van der Waals surface area contributed by atoms with Gasteiger partial charge in [0.2, 0.25) is 5.91 Å². The number of imidazole rings is 1. The van der Waals surface area contributed by atoms with Gasteiger partial charge in [-0.2, -0.15) is 0 Å². The van der Waals surface area contributed by atoms with E-state index >= 15 is 0 Å². The predicted octanol–water partition coefficient (Wildman–Crippen LogP) is 1.57. The monoisotopic (exact) mass is 250 g/mol. The highest BCUT2D eigenvalue weighted by molar-refractivity contribution is 7.71. The molecule has 17 heavy (non-hydrogen) atoms. The zero-order chi connectivity index (χ0) is 12.4. The van der Waals surface area contributed by atoms with E-state index in [4.69, 9.17) is 12.2 Å². The van der Waals surface area contributed by atoms with Gasteiger partial charge in [-0.25, -0.2) is 0 Å². The van der Waals surface area contributed by atoms with Crippen molar-refractivity contribution in [2.24, 2.45) is 0 Å². The third-order valence-corrected chi connectivity index (χ3v) is 3.09. The Morgan fingerprint density at radius 2 is 2.41 bits per heavy atom. The maximum atomic E-state index is 11.9. The molecule has 0 saturated carbocycles. The fourth-order valence-electron chi connectivity index (χ4n) is 1.60. The summed E-state index contributed by atoms with van der Waals surface area (Å²) in [4.78, 5) is 20.6. The summed E-state index contributed by atoms with van der Waals surface area (Å²) in [6.07, 6.45) is 3.39. The molecular formula is C11H14N4OS. The van der Waals surface area contributed by atoms with Gasteiger partial charge >= 0.3 is 0 Å². The summed E-state index contributed by atoms with van der Waals surface area (Å²) in [6.45, 7) is 2.89. The zero-order valence-corrected chi connectivity index (χ0v) is 10.6. The van der Waals surface area contributed by atoms with Crippen molar-refractivity contribution < 1.29 is 4.79 Å². The zero-order valence-electron chi connectivity index (χ0n) is 9.80. The minimum absolute atomic E-state index is 0.0429. The molecule has 0 aliphatic rings. The average Bonchev–Trinajstić information content (AvgIpc) is 2.65. The number of hydrogen-bond donors (Lipinski definition) is 1. The van der Waals surface area contributed by atoms with Gasteiger partial charge in [0, 0.05) is 19.8 Å². The number of aromatic nitrogens is 3. The molecule has 2 rings (SSSR count). The van der Waals surface area contributed by atoms with Crippen molar-refractivity contribution in [3.8, 4) is 0 Å². The molecule has 0 unspecified atom stereocenters. The van der Waals surface area contributed by atoms with Crippen molar-refractivity contribution in [3.05, 3.63) is 23.2 Å². The number of hydrogen-bond acceptors (Lipinski definition) is 3. The van der Waals surface area contributed by atoms with Crippen LogP contribution in [0.15, 0.2) is 18.5 Å². The molecule has 90 valence electrons. The molecule has 1 amide bonds. The van der Waals surface area contributed by atoms with Crippen LogP contribution in [0.3, 0.4) is 0 Å².